The summed E-state index contributed by atoms with van der Waals surface area (Å²) in [7, 11) is 0. The van der Waals surface area contributed by atoms with E-state index in [1.54, 1.807) is 0 Å². The van der Waals surface area contributed by atoms with Gasteiger partial charge in [-0.1, -0.05) is 6.42 Å². The molecular formula is C10H20N2. The zero-order chi connectivity index (χ0) is 8.77. The minimum absolute atomic E-state index is 0.153. The van der Waals surface area contributed by atoms with Crippen molar-refractivity contribution >= 4 is 0 Å². The van der Waals surface area contributed by atoms with Crippen LogP contribution in [0.4, 0.5) is 0 Å². The molecule has 0 saturated heterocycles. The molecule has 0 radical (unpaired) electrons. The van der Waals surface area contributed by atoms with E-state index in [9.17, 15) is 0 Å². The number of nitrogens with two attached hydrogens (primary N) is 1. The van der Waals surface area contributed by atoms with Gasteiger partial charge in [0.25, 0.3) is 0 Å². The summed E-state index contributed by atoms with van der Waals surface area (Å²) in [6.07, 6.45) is 5.79. The third-order valence-electron chi connectivity index (χ3n) is 4.04. The molecule has 0 aromatic heterocycles. The minimum Gasteiger partial charge on any atom is -0.271 e. The Morgan fingerprint density at radius 1 is 1.25 bits per heavy atom. The molecule has 2 aliphatic rings. The molecule has 2 bridgehead atoms. The van der Waals surface area contributed by atoms with E-state index in [2.05, 4.69) is 19.3 Å². The highest BCUT2D eigenvalue weighted by Gasteiger charge is 2.45. The molecule has 3 atom stereocenters. The second-order valence-electron chi connectivity index (χ2n) is 5.15. The Morgan fingerprint density at radius 3 is 2.42 bits per heavy atom. The maximum Gasteiger partial charge on any atom is 0.0296 e. The summed E-state index contributed by atoms with van der Waals surface area (Å²) in [5, 5.41) is 0. The van der Waals surface area contributed by atoms with E-state index < -0.39 is 0 Å². The molecule has 3 unspecified atom stereocenters. The smallest absolute Gasteiger partial charge is 0.0296 e. The topological polar surface area (TPSA) is 38.0 Å². The zero-order valence-corrected chi connectivity index (χ0v) is 8.14. The summed E-state index contributed by atoms with van der Waals surface area (Å²) < 4.78 is 0. The fraction of sp³-hybridized carbons (Fsp3) is 1.00. The van der Waals surface area contributed by atoms with Crippen LogP contribution in [0, 0.1) is 17.8 Å². The quantitative estimate of drug-likeness (QED) is 0.486. The van der Waals surface area contributed by atoms with Gasteiger partial charge in [-0.15, -0.1) is 0 Å². The second kappa shape index (κ2) is 2.71. The number of hydrogen-bond donors (Lipinski definition) is 2. The van der Waals surface area contributed by atoms with Gasteiger partial charge < -0.3 is 0 Å². The minimum atomic E-state index is 0.153. The average Bonchev–Trinajstić information content (AvgIpc) is 2.64. The lowest BCUT2D eigenvalue weighted by Crippen LogP contribution is -2.51. The molecule has 2 heteroatoms. The van der Waals surface area contributed by atoms with Gasteiger partial charge in [-0.3, -0.25) is 11.3 Å². The molecule has 70 valence electrons. The van der Waals surface area contributed by atoms with Crippen LogP contribution in [0.5, 0.6) is 0 Å². The maximum atomic E-state index is 5.57. The molecular weight excluding hydrogens is 148 g/mol. The molecule has 0 aromatic rings. The zero-order valence-electron chi connectivity index (χ0n) is 8.14. The number of fused-ring (bicyclic) bond motifs is 2. The van der Waals surface area contributed by atoms with Gasteiger partial charge in [0.05, 0.1) is 0 Å². The van der Waals surface area contributed by atoms with E-state index in [0.717, 1.165) is 17.8 Å². The fourth-order valence-corrected chi connectivity index (χ4v) is 3.24. The molecule has 12 heavy (non-hydrogen) atoms. The standard InChI is InChI=1S/C10H20N2/c1-10(2,12-11)9-6-7-3-4-8(9)5-7/h7-9,12H,3-6,11H2,1-2H3. The summed E-state index contributed by atoms with van der Waals surface area (Å²) in [5.41, 5.74) is 3.12. The van der Waals surface area contributed by atoms with Crippen LogP contribution >= 0.6 is 0 Å². The number of hydrogen-bond acceptors (Lipinski definition) is 2. The first-order valence-corrected chi connectivity index (χ1v) is 5.11. The molecule has 0 aliphatic heterocycles. The van der Waals surface area contributed by atoms with Gasteiger partial charge >= 0.3 is 0 Å². The summed E-state index contributed by atoms with van der Waals surface area (Å²) in [6, 6.07) is 0. The first-order chi connectivity index (χ1) is 5.63. The largest absolute Gasteiger partial charge is 0.271 e. The van der Waals surface area contributed by atoms with Crippen molar-refractivity contribution in [2.45, 2.75) is 45.1 Å². The maximum absolute atomic E-state index is 5.57. The average molecular weight is 168 g/mol. The molecule has 3 N–H and O–H groups in total. The second-order valence-corrected chi connectivity index (χ2v) is 5.15. The van der Waals surface area contributed by atoms with Crippen LogP contribution in [0.3, 0.4) is 0 Å². The monoisotopic (exact) mass is 168 g/mol. The first-order valence-electron chi connectivity index (χ1n) is 5.11. The van der Waals surface area contributed by atoms with Crippen LogP contribution in [0.25, 0.3) is 0 Å². The van der Waals surface area contributed by atoms with Gasteiger partial charge in [0.2, 0.25) is 0 Å². The predicted molar refractivity (Wildman–Crippen MR) is 50.3 cm³/mol. The van der Waals surface area contributed by atoms with Crippen LogP contribution in [-0.4, -0.2) is 5.54 Å². The van der Waals surface area contributed by atoms with Crippen LogP contribution < -0.4 is 11.3 Å². The van der Waals surface area contributed by atoms with E-state index in [1.807, 2.05) is 0 Å². The third-order valence-corrected chi connectivity index (χ3v) is 4.04. The van der Waals surface area contributed by atoms with Crippen LogP contribution in [0.2, 0.25) is 0 Å². The van der Waals surface area contributed by atoms with Crippen LogP contribution in [0.1, 0.15) is 39.5 Å². The Labute approximate surface area is 74.9 Å². The summed E-state index contributed by atoms with van der Waals surface area (Å²) in [5.74, 6) is 8.37. The van der Waals surface area contributed by atoms with E-state index in [-0.39, 0.29) is 5.54 Å². The van der Waals surface area contributed by atoms with Crippen LogP contribution in [-0.2, 0) is 0 Å². The highest BCUT2D eigenvalue weighted by Crippen LogP contribution is 2.51. The Morgan fingerprint density at radius 2 is 2.00 bits per heavy atom. The van der Waals surface area contributed by atoms with Crippen molar-refractivity contribution in [3.8, 4) is 0 Å². The Kier molecular flexibility index (Phi) is 1.92. The molecule has 2 saturated carbocycles. The van der Waals surface area contributed by atoms with E-state index in [4.69, 9.17) is 5.84 Å². The highest BCUT2D eigenvalue weighted by molar-refractivity contribution is 4.98. The third kappa shape index (κ3) is 1.17. The summed E-state index contributed by atoms with van der Waals surface area (Å²) in [6.45, 7) is 4.47. The highest BCUT2D eigenvalue weighted by atomic mass is 15.3. The molecule has 2 nitrogen and oxygen atoms in total. The number of rotatable bonds is 2. The van der Waals surface area contributed by atoms with Gasteiger partial charge in [-0.25, -0.2) is 0 Å². The lowest BCUT2D eigenvalue weighted by molar-refractivity contribution is 0.178. The summed E-state index contributed by atoms with van der Waals surface area (Å²) >= 11 is 0. The molecule has 0 amide bonds. The molecule has 0 heterocycles. The SMILES string of the molecule is CC(C)(NN)C1CC2CCC1C2. The number of hydrazine groups is 1. The molecule has 0 spiro atoms. The van der Waals surface area contributed by atoms with E-state index in [1.165, 1.54) is 25.7 Å². The lowest BCUT2D eigenvalue weighted by atomic mass is 9.76. The van der Waals surface area contributed by atoms with Crippen LogP contribution in [0.15, 0.2) is 0 Å². The molecule has 0 aromatic carbocycles. The Hall–Kier alpha value is -0.0800. The molecule has 2 rings (SSSR count). The molecule has 2 aliphatic carbocycles. The Balaban J connectivity index is 2.06. The van der Waals surface area contributed by atoms with Gasteiger partial charge in [-0.2, -0.15) is 0 Å². The van der Waals surface area contributed by atoms with E-state index in [0.29, 0.717) is 0 Å². The van der Waals surface area contributed by atoms with Crippen molar-refractivity contribution < 1.29 is 0 Å². The summed E-state index contributed by atoms with van der Waals surface area (Å²) in [4.78, 5) is 0. The van der Waals surface area contributed by atoms with Gasteiger partial charge in [-0.05, 0) is 50.9 Å². The van der Waals surface area contributed by atoms with Crippen molar-refractivity contribution in [3.05, 3.63) is 0 Å². The van der Waals surface area contributed by atoms with Gasteiger partial charge in [0.15, 0.2) is 0 Å². The van der Waals surface area contributed by atoms with Crippen molar-refractivity contribution in [1.29, 1.82) is 0 Å². The Bertz CT molecular complexity index is 177. The van der Waals surface area contributed by atoms with Crippen molar-refractivity contribution in [2.24, 2.45) is 23.6 Å². The van der Waals surface area contributed by atoms with Crippen molar-refractivity contribution in [1.82, 2.24) is 5.43 Å². The van der Waals surface area contributed by atoms with Gasteiger partial charge in [0.1, 0.15) is 0 Å². The lowest BCUT2D eigenvalue weighted by Gasteiger charge is -2.36. The van der Waals surface area contributed by atoms with E-state index >= 15 is 0 Å². The van der Waals surface area contributed by atoms with Crippen molar-refractivity contribution in [2.75, 3.05) is 0 Å². The normalized spacial score (nSPS) is 40.8. The molecule has 2 fully saturated rings. The predicted octanol–water partition coefficient (Wildman–Crippen LogP) is 1.66. The first kappa shape index (κ1) is 8.52. The number of nitrogens with one attached hydrogen (secondary N) is 1. The fourth-order valence-electron chi connectivity index (χ4n) is 3.24. The van der Waals surface area contributed by atoms with Gasteiger partial charge in [0, 0.05) is 5.54 Å². The van der Waals surface area contributed by atoms with Crippen molar-refractivity contribution in [3.63, 3.8) is 0 Å².